The Bertz CT molecular complexity index is 1090. The summed E-state index contributed by atoms with van der Waals surface area (Å²) in [6, 6.07) is 14.5. The summed E-state index contributed by atoms with van der Waals surface area (Å²) in [4.78, 5) is 31.4. The van der Waals surface area contributed by atoms with Gasteiger partial charge in [0.2, 0.25) is 5.91 Å². The standard InChI is InChI=1S/C25H31N3O2S/c1-17-16-26(12-13-27(17)24(30)25(3,4)5)22(29)21-15-20-11-14-31-23(20)28(21)18(2)19-9-7-6-8-10-19/h6-11,14-15,17-18H,12-13,16H2,1-5H3/t17-,18-/m0/s1. The van der Waals surface area contributed by atoms with E-state index in [0.717, 1.165) is 15.9 Å². The van der Waals surface area contributed by atoms with Crippen molar-refractivity contribution in [3.05, 3.63) is 59.1 Å². The van der Waals surface area contributed by atoms with Gasteiger partial charge in [0, 0.05) is 36.5 Å². The Morgan fingerprint density at radius 1 is 1.10 bits per heavy atom. The molecule has 1 aliphatic rings. The van der Waals surface area contributed by atoms with Gasteiger partial charge in [0.15, 0.2) is 0 Å². The molecule has 0 N–H and O–H groups in total. The Hall–Kier alpha value is -2.60. The number of piperazine rings is 1. The molecule has 3 aromatic rings. The van der Waals surface area contributed by atoms with Crippen molar-refractivity contribution in [1.82, 2.24) is 14.4 Å². The lowest BCUT2D eigenvalue weighted by atomic mass is 9.93. The highest BCUT2D eigenvalue weighted by Gasteiger charge is 2.36. The van der Waals surface area contributed by atoms with Crippen molar-refractivity contribution in [3.8, 4) is 0 Å². The predicted octanol–water partition coefficient (Wildman–Crippen LogP) is 5.03. The number of thiophene rings is 1. The first-order valence-electron chi connectivity index (χ1n) is 10.9. The number of hydrogen-bond acceptors (Lipinski definition) is 3. The molecule has 2 amide bonds. The molecule has 31 heavy (non-hydrogen) atoms. The first kappa shape index (κ1) is 21.6. The zero-order valence-corrected chi connectivity index (χ0v) is 19.8. The predicted molar refractivity (Wildman–Crippen MR) is 127 cm³/mol. The maximum absolute atomic E-state index is 13.6. The quantitative estimate of drug-likeness (QED) is 0.577. The number of fused-ring (bicyclic) bond motifs is 1. The lowest BCUT2D eigenvalue weighted by Gasteiger charge is -2.42. The van der Waals surface area contributed by atoms with Crippen molar-refractivity contribution in [2.24, 2.45) is 5.41 Å². The summed E-state index contributed by atoms with van der Waals surface area (Å²) in [6.07, 6.45) is 0. The van der Waals surface area contributed by atoms with Crippen LogP contribution >= 0.6 is 11.3 Å². The van der Waals surface area contributed by atoms with Gasteiger partial charge in [-0.2, -0.15) is 0 Å². The normalized spacial score (nSPS) is 18.4. The molecule has 5 nitrogen and oxygen atoms in total. The highest BCUT2D eigenvalue weighted by atomic mass is 32.1. The molecule has 164 valence electrons. The highest BCUT2D eigenvalue weighted by Crippen LogP contribution is 2.32. The zero-order chi connectivity index (χ0) is 22.3. The molecule has 1 aromatic carbocycles. The van der Waals surface area contributed by atoms with Gasteiger partial charge >= 0.3 is 0 Å². The van der Waals surface area contributed by atoms with Crippen molar-refractivity contribution in [2.75, 3.05) is 19.6 Å². The van der Waals surface area contributed by atoms with Gasteiger partial charge in [0.25, 0.3) is 5.91 Å². The van der Waals surface area contributed by atoms with Crippen LogP contribution in [0.3, 0.4) is 0 Å². The zero-order valence-electron chi connectivity index (χ0n) is 19.0. The smallest absolute Gasteiger partial charge is 0.270 e. The Balaban J connectivity index is 1.62. The summed E-state index contributed by atoms with van der Waals surface area (Å²) in [6.45, 7) is 11.7. The van der Waals surface area contributed by atoms with Gasteiger partial charge in [-0.25, -0.2) is 0 Å². The number of carbonyl (C=O) groups excluding carboxylic acids is 2. The first-order chi connectivity index (χ1) is 14.7. The van der Waals surface area contributed by atoms with Crippen LogP contribution in [0.1, 0.15) is 56.7 Å². The summed E-state index contributed by atoms with van der Waals surface area (Å²) < 4.78 is 2.18. The number of benzene rings is 1. The number of nitrogens with zero attached hydrogens (tertiary/aromatic N) is 3. The summed E-state index contributed by atoms with van der Waals surface area (Å²) in [5, 5.41) is 3.18. The van der Waals surface area contributed by atoms with Crippen molar-refractivity contribution >= 4 is 33.4 Å². The van der Waals surface area contributed by atoms with Gasteiger partial charge in [-0.3, -0.25) is 9.59 Å². The van der Waals surface area contributed by atoms with Gasteiger partial charge in [-0.1, -0.05) is 51.1 Å². The van der Waals surface area contributed by atoms with E-state index in [0.29, 0.717) is 19.6 Å². The van der Waals surface area contributed by atoms with Crippen LogP contribution < -0.4 is 0 Å². The minimum atomic E-state index is -0.412. The van der Waals surface area contributed by atoms with Gasteiger partial charge in [0.1, 0.15) is 10.5 Å². The molecule has 0 radical (unpaired) electrons. The van der Waals surface area contributed by atoms with Crippen molar-refractivity contribution in [1.29, 1.82) is 0 Å². The van der Waals surface area contributed by atoms with Crippen LogP contribution in [0.2, 0.25) is 0 Å². The van der Waals surface area contributed by atoms with E-state index in [9.17, 15) is 9.59 Å². The molecule has 0 bridgehead atoms. The summed E-state index contributed by atoms with van der Waals surface area (Å²) in [5.74, 6) is 0.189. The van der Waals surface area contributed by atoms with Crippen LogP contribution in [-0.4, -0.2) is 51.9 Å². The molecule has 1 saturated heterocycles. The number of carbonyl (C=O) groups is 2. The molecule has 4 rings (SSSR count). The third kappa shape index (κ3) is 4.01. The number of amides is 2. The topological polar surface area (TPSA) is 45.6 Å². The molecule has 3 heterocycles. The Labute approximate surface area is 188 Å². The second kappa shape index (κ2) is 8.15. The fourth-order valence-corrected chi connectivity index (χ4v) is 5.39. The molecule has 2 aromatic heterocycles. The molecule has 0 unspecified atom stereocenters. The second-order valence-corrected chi connectivity index (χ2v) is 10.4. The molecule has 2 atom stereocenters. The molecular weight excluding hydrogens is 406 g/mol. The molecule has 0 spiro atoms. The minimum absolute atomic E-state index is 0.000464. The Kier molecular flexibility index (Phi) is 5.69. The molecule has 0 aliphatic carbocycles. The van der Waals surface area contributed by atoms with E-state index in [2.05, 4.69) is 35.1 Å². The van der Waals surface area contributed by atoms with Crippen LogP contribution in [0.25, 0.3) is 10.2 Å². The average Bonchev–Trinajstić information content (AvgIpc) is 3.33. The van der Waals surface area contributed by atoms with Gasteiger partial charge < -0.3 is 14.4 Å². The van der Waals surface area contributed by atoms with E-state index in [-0.39, 0.29) is 23.9 Å². The lowest BCUT2D eigenvalue weighted by Crippen LogP contribution is -2.57. The lowest BCUT2D eigenvalue weighted by molar-refractivity contribution is -0.143. The van der Waals surface area contributed by atoms with Crippen LogP contribution in [0, 0.1) is 5.41 Å². The summed E-state index contributed by atoms with van der Waals surface area (Å²) in [5.41, 5.74) is 1.49. The second-order valence-electron chi connectivity index (χ2n) is 9.52. The van der Waals surface area contributed by atoms with Gasteiger partial charge in [-0.15, -0.1) is 11.3 Å². The maximum atomic E-state index is 13.6. The first-order valence-corrected chi connectivity index (χ1v) is 11.8. The monoisotopic (exact) mass is 437 g/mol. The van der Waals surface area contributed by atoms with Crippen LogP contribution in [0.5, 0.6) is 0 Å². The summed E-state index contributed by atoms with van der Waals surface area (Å²) >= 11 is 1.67. The van der Waals surface area contributed by atoms with Crippen LogP contribution in [0.15, 0.2) is 47.8 Å². The number of rotatable bonds is 3. The Morgan fingerprint density at radius 3 is 2.45 bits per heavy atom. The Morgan fingerprint density at radius 2 is 1.81 bits per heavy atom. The van der Waals surface area contributed by atoms with Crippen molar-refractivity contribution < 1.29 is 9.59 Å². The fourth-order valence-electron chi connectivity index (χ4n) is 4.41. The molecule has 1 aliphatic heterocycles. The van der Waals surface area contributed by atoms with Gasteiger partial charge in [0.05, 0.1) is 6.04 Å². The number of hydrogen-bond donors (Lipinski definition) is 0. The molecule has 1 fully saturated rings. The fraction of sp³-hybridized carbons (Fsp3) is 0.440. The molecule has 6 heteroatoms. The van der Waals surface area contributed by atoms with E-state index in [1.54, 1.807) is 11.3 Å². The maximum Gasteiger partial charge on any atom is 0.270 e. The van der Waals surface area contributed by atoms with E-state index >= 15 is 0 Å². The third-order valence-electron chi connectivity index (χ3n) is 6.15. The van der Waals surface area contributed by atoms with Crippen molar-refractivity contribution in [2.45, 2.75) is 46.7 Å². The van der Waals surface area contributed by atoms with Crippen molar-refractivity contribution in [3.63, 3.8) is 0 Å². The number of aromatic nitrogens is 1. The highest BCUT2D eigenvalue weighted by molar-refractivity contribution is 7.16. The van der Waals surface area contributed by atoms with Crippen LogP contribution in [0.4, 0.5) is 0 Å². The molecule has 0 saturated carbocycles. The van der Waals surface area contributed by atoms with E-state index < -0.39 is 5.41 Å². The average molecular weight is 438 g/mol. The van der Waals surface area contributed by atoms with E-state index in [1.807, 2.05) is 61.8 Å². The third-order valence-corrected chi connectivity index (χ3v) is 7.08. The largest absolute Gasteiger partial charge is 0.336 e. The molecular formula is C25H31N3O2S. The van der Waals surface area contributed by atoms with E-state index in [1.165, 1.54) is 5.56 Å². The summed E-state index contributed by atoms with van der Waals surface area (Å²) in [7, 11) is 0. The minimum Gasteiger partial charge on any atom is -0.336 e. The SMILES string of the molecule is C[C@H]1CN(C(=O)c2cc3ccsc3n2[C@@H](C)c2ccccc2)CCN1C(=O)C(C)(C)C. The van der Waals surface area contributed by atoms with Crippen LogP contribution in [-0.2, 0) is 4.79 Å². The van der Waals surface area contributed by atoms with E-state index in [4.69, 9.17) is 0 Å². The van der Waals surface area contributed by atoms with Gasteiger partial charge in [-0.05, 0) is 36.9 Å².